The largest absolute Gasteiger partial charge is 0.353 e. The van der Waals surface area contributed by atoms with E-state index in [4.69, 9.17) is 0 Å². The zero-order chi connectivity index (χ0) is 14.5. The first-order chi connectivity index (χ1) is 9.60. The average Bonchev–Trinajstić information content (AvgIpc) is 2.93. The smallest absolute Gasteiger partial charge is 0.269 e. The Morgan fingerprint density at radius 3 is 2.70 bits per heavy atom. The van der Waals surface area contributed by atoms with Gasteiger partial charge in [0, 0.05) is 29.2 Å². The van der Waals surface area contributed by atoms with Gasteiger partial charge in [-0.25, -0.2) is 0 Å². The Morgan fingerprint density at radius 2 is 2.15 bits per heavy atom. The Hall–Kier alpha value is -2.00. The second kappa shape index (κ2) is 6.44. The molecule has 0 fully saturated rings. The van der Waals surface area contributed by atoms with Gasteiger partial charge in [-0.15, -0.1) is 0 Å². The van der Waals surface area contributed by atoms with Gasteiger partial charge in [0.05, 0.1) is 11.5 Å². The highest BCUT2D eigenvalue weighted by molar-refractivity contribution is 7.98. The van der Waals surface area contributed by atoms with E-state index in [1.165, 1.54) is 47.6 Å². The Kier molecular flexibility index (Phi) is 4.64. The van der Waals surface area contributed by atoms with Crippen LogP contribution in [0.25, 0.3) is 0 Å². The number of aromatic nitrogens is 2. The van der Waals surface area contributed by atoms with Crippen molar-refractivity contribution in [3.05, 3.63) is 39.9 Å². The molecule has 2 aromatic rings. The molecule has 9 heteroatoms. The molecule has 0 bridgehead atoms. The topological polar surface area (TPSA) is 98.0 Å². The van der Waals surface area contributed by atoms with E-state index in [1.54, 1.807) is 0 Å². The number of hydrogen-bond acceptors (Lipinski definition) is 8. The molecule has 104 valence electrons. The monoisotopic (exact) mass is 310 g/mol. The van der Waals surface area contributed by atoms with Crippen molar-refractivity contribution in [3.8, 4) is 0 Å². The van der Waals surface area contributed by atoms with Crippen LogP contribution < -0.4 is 5.32 Å². The van der Waals surface area contributed by atoms with Crippen LogP contribution in [-0.2, 0) is 0 Å². The minimum Gasteiger partial charge on any atom is -0.353 e. The van der Waals surface area contributed by atoms with Gasteiger partial charge >= 0.3 is 0 Å². The minimum atomic E-state index is -0.502. The third-order valence-electron chi connectivity index (χ3n) is 2.39. The molecule has 0 radical (unpaired) electrons. The molecule has 0 unspecified atom stereocenters. The van der Waals surface area contributed by atoms with Crippen LogP contribution in [0.15, 0.2) is 29.4 Å². The number of nitro groups is 1. The van der Waals surface area contributed by atoms with Crippen molar-refractivity contribution in [3.63, 3.8) is 0 Å². The molecule has 7 nitrogen and oxygen atoms in total. The van der Waals surface area contributed by atoms with E-state index in [-0.39, 0.29) is 18.0 Å². The fraction of sp³-hybridized carbons (Fsp3) is 0.182. The molecule has 0 spiro atoms. The van der Waals surface area contributed by atoms with Crippen molar-refractivity contribution in [1.82, 2.24) is 9.36 Å². The summed E-state index contributed by atoms with van der Waals surface area (Å²) in [5.74, 6) is -0.166. The van der Waals surface area contributed by atoms with Crippen LogP contribution in [-0.4, -0.2) is 32.9 Å². The fourth-order valence-electron chi connectivity index (χ4n) is 1.39. The number of anilines is 1. The number of carbonyl (C=O) groups excluding carboxylic acids is 1. The van der Waals surface area contributed by atoms with Crippen molar-refractivity contribution in [2.24, 2.45) is 0 Å². The van der Waals surface area contributed by atoms with Crippen molar-refractivity contribution in [2.45, 2.75) is 5.16 Å². The molecule has 0 amide bonds. The van der Waals surface area contributed by atoms with E-state index in [2.05, 4.69) is 14.7 Å². The molecule has 20 heavy (non-hydrogen) atoms. The fourth-order valence-corrected chi connectivity index (χ4v) is 2.51. The number of nitrogens with one attached hydrogen (secondary N) is 1. The number of thioether (sulfide) groups is 1. The van der Waals surface area contributed by atoms with E-state index in [0.717, 1.165) is 0 Å². The van der Waals surface area contributed by atoms with E-state index in [9.17, 15) is 14.9 Å². The summed E-state index contributed by atoms with van der Waals surface area (Å²) in [4.78, 5) is 26.1. The number of nitro benzene ring substituents is 1. The van der Waals surface area contributed by atoms with Crippen LogP contribution >= 0.6 is 23.3 Å². The molecular formula is C11H10N4O3S2. The van der Waals surface area contributed by atoms with Crippen molar-refractivity contribution < 1.29 is 9.72 Å². The third kappa shape index (κ3) is 3.52. The summed E-state index contributed by atoms with van der Waals surface area (Å²) in [6.45, 7) is 0.0703. The van der Waals surface area contributed by atoms with Crippen molar-refractivity contribution in [1.29, 1.82) is 0 Å². The van der Waals surface area contributed by atoms with Crippen LogP contribution in [0.5, 0.6) is 0 Å². The highest BCUT2D eigenvalue weighted by Gasteiger charge is 2.10. The highest BCUT2D eigenvalue weighted by Crippen LogP contribution is 2.18. The lowest BCUT2D eigenvalue weighted by atomic mass is 10.1. The SMILES string of the molecule is CSc1nsc(NCC(=O)c2ccc([N+](=O)[O-])cc2)n1. The summed E-state index contributed by atoms with van der Waals surface area (Å²) in [5.41, 5.74) is 0.376. The average molecular weight is 310 g/mol. The van der Waals surface area contributed by atoms with Crippen LogP contribution in [0.4, 0.5) is 10.8 Å². The molecule has 1 aromatic carbocycles. The van der Waals surface area contributed by atoms with Gasteiger partial charge in [-0.1, -0.05) is 11.8 Å². The van der Waals surface area contributed by atoms with Gasteiger partial charge in [-0.3, -0.25) is 14.9 Å². The molecule has 1 N–H and O–H groups in total. The molecule has 0 aliphatic carbocycles. The number of rotatable bonds is 6. The lowest BCUT2D eigenvalue weighted by Crippen LogP contribution is -2.13. The molecule has 1 heterocycles. The predicted molar refractivity (Wildman–Crippen MR) is 77.6 cm³/mol. The van der Waals surface area contributed by atoms with E-state index >= 15 is 0 Å². The molecule has 0 aliphatic heterocycles. The number of nitrogens with zero attached hydrogens (tertiary/aromatic N) is 3. The normalized spacial score (nSPS) is 10.2. The minimum absolute atomic E-state index is 0.0387. The molecule has 0 saturated heterocycles. The summed E-state index contributed by atoms with van der Waals surface area (Å²) < 4.78 is 4.06. The summed E-state index contributed by atoms with van der Waals surface area (Å²) >= 11 is 2.61. The molecule has 0 aliphatic rings. The van der Waals surface area contributed by atoms with Gasteiger partial charge < -0.3 is 5.32 Å². The summed E-state index contributed by atoms with van der Waals surface area (Å²) in [6.07, 6.45) is 1.87. The molecule has 0 saturated carbocycles. The van der Waals surface area contributed by atoms with Gasteiger partial charge in [-0.2, -0.15) is 9.36 Å². The Labute approximate surface area is 122 Å². The maximum atomic E-state index is 11.9. The summed E-state index contributed by atoms with van der Waals surface area (Å²) in [6, 6.07) is 5.50. The quantitative estimate of drug-likeness (QED) is 0.379. The van der Waals surface area contributed by atoms with Crippen molar-refractivity contribution in [2.75, 3.05) is 18.1 Å². The lowest BCUT2D eigenvalue weighted by molar-refractivity contribution is -0.384. The molecule has 2 rings (SSSR count). The van der Waals surface area contributed by atoms with Crippen molar-refractivity contribution >= 4 is 39.9 Å². The van der Waals surface area contributed by atoms with E-state index < -0.39 is 4.92 Å². The van der Waals surface area contributed by atoms with Gasteiger partial charge in [0.25, 0.3) is 5.69 Å². The Balaban J connectivity index is 1.96. The van der Waals surface area contributed by atoms with E-state index in [1.807, 2.05) is 6.26 Å². The third-order valence-corrected chi connectivity index (χ3v) is 3.73. The second-order valence-electron chi connectivity index (χ2n) is 3.67. The first kappa shape index (κ1) is 14.4. The number of hydrogen-bond donors (Lipinski definition) is 1. The lowest BCUT2D eigenvalue weighted by Gasteiger charge is -2.01. The van der Waals surface area contributed by atoms with E-state index in [0.29, 0.717) is 15.9 Å². The maximum absolute atomic E-state index is 11.9. The number of carbonyl (C=O) groups is 1. The molecule has 0 atom stereocenters. The Bertz CT molecular complexity index is 627. The standard InChI is InChI=1S/C11H10N4O3S2/c1-19-11-13-10(20-14-11)12-6-9(16)7-2-4-8(5-3-7)15(17)18/h2-5H,6H2,1H3,(H,12,13,14). The number of non-ortho nitro benzene ring substituents is 1. The van der Waals surface area contributed by atoms with Crippen LogP contribution in [0.2, 0.25) is 0 Å². The van der Waals surface area contributed by atoms with Gasteiger partial charge in [0.1, 0.15) is 0 Å². The number of benzene rings is 1. The first-order valence-electron chi connectivity index (χ1n) is 5.49. The Morgan fingerprint density at radius 1 is 1.45 bits per heavy atom. The van der Waals surface area contributed by atoms with Crippen LogP contribution in [0, 0.1) is 10.1 Å². The van der Waals surface area contributed by atoms with Gasteiger partial charge in [0.15, 0.2) is 5.78 Å². The second-order valence-corrected chi connectivity index (χ2v) is 5.19. The number of Topliss-reactive ketones (excluding diaryl/α,β-unsaturated/α-hetero) is 1. The first-order valence-corrected chi connectivity index (χ1v) is 7.49. The van der Waals surface area contributed by atoms with Crippen LogP contribution in [0.3, 0.4) is 0 Å². The maximum Gasteiger partial charge on any atom is 0.269 e. The van der Waals surface area contributed by atoms with Crippen LogP contribution in [0.1, 0.15) is 10.4 Å². The molecular weight excluding hydrogens is 300 g/mol. The number of ketones is 1. The zero-order valence-corrected chi connectivity index (χ0v) is 12.0. The van der Waals surface area contributed by atoms with Gasteiger partial charge in [0.2, 0.25) is 10.3 Å². The van der Waals surface area contributed by atoms with Gasteiger partial charge in [-0.05, 0) is 18.4 Å². The summed E-state index contributed by atoms with van der Waals surface area (Å²) in [7, 11) is 0. The zero-order valence-electron chi connectivity index (χ0n) is 10.4. The molecule has 1 aromatic heterocycles. The predicted octanol–water partition coefficient (Wildman–Crippen LogP) is 2.46. The summed E-state index contributed by atoms with van der Waals surface area (Å²) in [5, 5.41) is 14.6. The highest BCUT2D eigenvalue weighted by atomic mass is 32.2.